The maximum Gasteiger partial charge on any atom is 0.227 e. The van der Waals surface area contributed by atoms with E-state index >= 15 is 0 Å². The molecule has 0 aliphatic heterocycles. The van der Waals surface area contributed by atoms with Gasteiger partial charge in [-0.1, -0.05) is 25.0 Å². The molecule has 0 aromatic heterocycles. The Morgan fingerprint density at radius 1 is 1.29 bits per heavy atom. The second kappa shape index (κ2) is 7.46. The zero-order valence-corrected chi connectivity index (χ0v) is 12.8. The highest BCUT2D eigenvalue weighted by Crippen LogP contribution is 2.28. The number of benzene rings is 1. The Morgan fingerprint density at radius 2 is 1.95 bits per heavy atom. The van der Waals surface area contributed by atoms with Crippen LogP contribution in [-0.4, -0.2) is 35.0 Å². The van der Waals surface area contributed by atoms with Gasteiger partial charge in [-0.15, -0.1) is 0 Å². The number of hydrogen-bond donors (Lipinski definition) is 2. The van der Waals surface area contributed by atoms with Crippen LogP contribution in [0.25, 0.3) is 0 Å². The Hall–Kier alpha value is -1.55. The summed E-state index contributed by atoms with van der Waals surface area (Å²) in [5.41, 5.74) is 6.83. The fourth-order valence-corrected chi connectivity index (χ4v) is 3.36. The standard InChI is InChI=1S/C17H26N2O2/c1-2-19(16-6-4-3-5-14(16)12-18)17(21)11-13-7-9-15(20)10-8-13/h7-10,14,16,20H,2-6,11-12,18H2,1H3. The summed E-state index contributed by atoms with van der Waals surface area (Å²) in [5, 5.41) is 9.31. The molecule has 21 heavy (non-hydrogen) atoms. The predicted octanol–water partition coefficient (Wildman–Crippen LogP) is 2.30. The number of carbonyl (C=O) groups excluding carboxylic acids is 1. The zero-order chi connectivity index (χ0) is 15.2. The van der Waals surface area contributed by atoms with Gasteiger partial charge in [0, 0.05) is 12.6 Å². The van der Waals surface area contributed by atoms with E-state index in [2.05, 4.69) is 0 Å². The Kier molecular flexibility index (Phi) is 5.62. The van der Waals surface area contributed by atoms with Crippen LogP contribution < -0.4 is 5.73 Å². The second-order valence-corrected chi connectivity index (χ2v) is 5.87. The number of phenols is 1. The third-order valence-electron chi connectivity index (χ3n) is 4.52. The monoisotopic (exact) mass is 290 g/mol. The largest absolute Gasteiger partial charge is 0.508 e. The van der Waals surface area contributed by atoms with Gasteiger partial charge >= 0.3 is 0 Å². The second-order valence-electron chi connectivity index (χ2n) is 5.87. The third-order valence-corrected chi connectivity index (χ3v) is 4.52. The van der Waals surface area contributed by atoms with E-state index in [9.17, 15) is 9.90 Å². The van der Waals surface area contributed by atoms with Crippen LogP contribution in [0.1, 0.15) is 38.2 Å². The molecule has 1 aromatic rings. The Labute approximate surface area is 126 Å². The number of carbonyl (C=O) groups is 1. The molecule has 0 spiro atoms. The highest BCUT2D eigenvalue weighted by atomic mass is 16.3. The van der Waals surface area contributed by atoms with Crippen LogP contribution >= 0.6 is 0 Å². The van der Waals surface area contributed by atoms with Crippen molar-refractivity contribution in [2.75, 3.05) is 13.1 Å². The summed E-state index contributed by atoms with van der Waals surface area (Å²) in [4.78, 5) is 14.6. The van der Waals surface area contributed by atoms with Crippen molar-refractivity contribution in [2.45, 2.75) is 45.1 Å². The molecule has 1 amide bonds. The average molecular weight is 290 g/mol. The van der Waals surface area contributed by atoms with Crippen molar-refractivity contribution in [3.63, 3.8) is 0 Å². The molecule has 1 aliphatic carbocycles. The maximum absolute atomic E-state index is 12.6. The molecule has 0 bridgehead atoms. The smallest absolute Gasteiger partial charge is 0.227 e. The number of phenolic OH excluding ortho intramolecular Hbond substituents is 1. The minimum absolute atomic E-state index is 0.161. The normalized spacial score (nSPS) is 22.0. The Morgan fingerprint density at radius 3 is 2.57 bits per heavy atom. The Bertz CT molecular complexity index is 458. The summed E-state index contributed by atoms with van der Waals surface area (Å²) < 4.78 is 0. The summed E-state index contributed by atoms with van der Waals surface area (Å²) >= 11 is 0. The van der Waals surface area contributed by atoms with Crippen LogP contribution in [0.5, 0.6) is 5.75 Å². The molecular formula is C17H26N2O2. The lowest BCUT2D eigenvalue weighted by Crippen LogP contribution is -2.48. The van der Waals surface area contributed by atoms with Crippen LogP contribution in [0, 0.1) is 5.92 Å². The summed E-state index contributed by atoms with van der Waals surface area (Å²) in [5.74, 6) is 0.824. The zero-order valence-electron chi connectivity index (χ0n) is 12.8. The molecule has 0 heterocycles. The molecule has 0 radical (unpaired) electrons. The molecule has 0 saturated heterocycles. The van der Waals surface area contributed by atoms with Crippen molar-refractivity contribution in [1.82, 2.24) is 4.90 Å². The van der Waals surface area contributed by atoms with E-state index in [1.165, 1.54) is 12.8 Å². The van der Waals surface area contributed by atoms with Gasteiger partial charge in [-0.3, -0.25) is 4.79 Å². The number of hydrogen-bond acceptors (Lipinski definition) is 3. The quantitative estimate of drug-likeness (QED) is 0.874. The van der Waals surface area contributed by atoms with Gasteiger partial charge in [0.1, 0.15) is 5.75 Å². The lowest BCUT2D eigenvalue weighted by atomic mass is 9.83. The van der Waals surface area contributed by atoms with Crippen molar-refractivity contribution in [1.29, 1.82) is 0 Å². The number of aromatic hydroxyl groups is 1. The van der Waals surface area contributed by atoms with E-state index < -0.39 is 0 Å². The summed E-state index contributed by atoms with van der Waals surface area (Å²) in [6.45, 7) is 3.43. The highest BCUT2D eigenvalue weighted by Gasteiger charge is 2.31. The van der Waals surface area contributed by atoms with E-state index in [4.69, 9.17) is 5.73 Å². The lowest BCUT2D eigenvalue weighted by Gasteiger charge is -2.39. The molecule has 3 N–H and O–H groups in total. The molecule has 2 atom stereocenters. The van der Waals surface area contributed by atoms with Gasteiger partial charge in [-0.25, -0.2) is 0 Å². The molecule has 4 nitrogen and oxygen atoms in total. The molecule has 4 heteroatoms. The molecule has 2 unspecified atom stereocenters. The number of rotatable bonds is 5. The van der Waals surface area contributed by atoms with Crippen molar-refractivity contribution >= 4 is 5.91 Å². The highest BCUT2D eigenvalue weighted by molar-refractivity contribution is 5.79. The minimum Gasteiger partial charge on any atom is -0.508 e. The van der Waals surface area contributed by atoms with Crippen molar-refractivity contribution in [3.8, 4) is 5.75 Å². The first kappa shape index (κ1) is 15.8. The predicted molar refractivity (Wildman–Crippen MR) is 84.0 cm³/mol. The van der Waals surface area contributed by atoms with Crippen LogP contribution in [0.4, 0.5) is 0 Å². The van der Waals surface area contributed by atoms with Gasteiger partial charge in [0.15, 0.2) is 0 Å². The summed E-state index contributed by atoms with van der Waals surface area (Å²) in [6.07, 6.45) is 5.00. The fraction of sp³-hybridized carbons (Fsp3) is 0.588. The van der Waals surface area contributed by atoms with E-state index in [-0.39, 0.29) is 11.7 Å². The molecule has 1 saturated carbocycles. The number of amides is 1. The van der Waals surface area contributed by atoms with Gasteiger partial charge < -0.3 is 15.7 Å². The molecule has 1 aliphatic rings. The van der Waals surface area contributed by atoms with Crippen molar-refractivity contribution < 1.29 is 9.90 Å². The van der Waals surface area contributed by atoms with Gasteiger partial charge in [0.05, 0.1) is 6.42 Å². The van der Waals surface area contributed by atoms with E-state index in [1.807, 2.05) is 24.0 Å². The van der Waals surface area contributed by atoms with Crippen LogP contribution in [0.2, 0.25) is 0 Å². The minimum atomic E-state index is 0.161. The maximum atomic E-state index is 12.6. The van der Waals surface area contributed by atoms with Crippen molar-refractivity contribution in [2.24, 2.45) is 11.7 Å². The Balaban J connectivity index is 2.05. The third kappa shape index (κ3) is 3.97. The van der Waals surface area contributed by atoms with Crippen molar-refractivity contribution in [3.05, 3.63) is 29.8 Å². The van der Waals surface area contributed by atoms with Crippen LogP contribution in [0.15, 0.2) is 24.3 Å². The van der Waals surface area contributed by atoms with Gasteiger partial charge in [0.25, 0.3) is 0 Å². The molecule has 116 valence electrons. The van der Waals surface area contributed by atoms with Gasteiger partial charge in [-0.2, -0.15) is 0 Å². The summed E-state index contributed by atoms with van der Waals surface area (Å²) in [7, 11) is 0. The van der Waals surface area contributed by atoms with E-state index in [0.717, 1.165) is 24.9 Å². The topological polar surface area (TPSA) is 66.6 Å². The molecule has 2 rings (SSSR count). The molecule has 1 fully saturated rings. The number of nitrogens with zero attached hydrogens (tertiary/aromatic N) is 1. The van der Waals surface area contributed by atoms with Crippen LogP contribution in [0.3, 0.4) is 0 Å². The van der Waals surface area contributed by atoms with E-state index in [1.54, 1.807) is 12.1 Å². The number of likely N-dealkylation sites (N-methyl/N-ethyl adjacent to an activating group) is 1. The first-order valence-electron chi connectivity index (χ1n) is 7.93. The summed E-state index contributed by atoms with van der Waals surface area (Å²) in [6, 6.07) is 7.16. The number of nitrogens with two attached hydrogens (primary N) is 1. The lowest BCUT2D eigenvalue weighted by molar-refractivity contribution is -0.134. The van der Waals surface area contributed by atoms with Gasteiger partial charge in [0.2, 0.25) is 5.91 Å². The molecule has 1 aromatic carbocycles. The SMILES string of the molecule is CCN(C(=O)Cc1ccc(O)cc1)C1CCCCC1CN. The van der Waals surface area contributed by atoms with E-state index in [0.29, 0.717) is 24.9 Å². The molecular weight excluding hydrogens is 264 g/mol. The first-order chi connectivity index (χ1) is 10.2. The fourth-order valence-electron chi connectivity index (χ4n) is 3.36. The average Bonchev–Trinajstić information content (AvgIpc) is 2.51. The van der Waals surface area contributed by atoms with Crippen LogP contribution in [-0.2, 0) is 11.2 Å². The first-order valence-corrected chi connectivity index (χ1v) is 7.93. The van der Waals surface area contributed by atoms with Gasteiger partial charge in [-0.05, 0) is 49.9 Å².